The number of nitrogens with zero attached hydrogens (tertiary/aromatic N) is 3. The predicted octanol–water partition coefficient (Wildman–Crippen LogP) is 2.01. The van der Waals surface area contributed by atoms with Crippen molar-refractivity contribution in [2.45, 2.75) is 24.3 Å². The largest absolute Gasteiger partial charge is 0.495 e. The highest BCUT2D eigenvalue weighted by Gasteiger charge is 2.28. The number of hydrogen-bond donors (Lipinski definition) is 1. The Bertz CT molecular complexity index is 1180. The molecule has 2 aromatic carbocycles. The van der Waals surface area contributed by atoms with Gasteiger partial charge in [-0.3, -0.25) is 9.59 Å². The zero-order valence-electron chi connectivity index (χ0n) is 19.5. The Labute approximate surface area is 200 Å². The van der Waals surface area contributed by atoms with E-state index in [-0.39, 0.29) is 22.4 Å². The number of amides is 2. The highest BCUT2D eigenvalue weighted by molar-refractivity contribution is 7.89. The van der Waals surface area contributed by atoms with Crippen molar-refractivity contribution < 1.29 is 22.7 Å². The van der Waals surface area contributed by atoms with Crippen molar-refractivity contribution in [3.05, 3.63) is 53.6 Å². The molecule has 2 fully saturated rings. The minimum absolute atomic E-state index is 0.106. The van der Waals surface area contributed by atoms with E-state index >= 15 is 0 Å². The van der Waals surface area contributed by atoms with Gasteiger partial charge < -0.3 is 19.9 Å². The standard InChI is InChI=1S/C24H30N4O5S/c1-26-11-13-28(14-12-26)34(31,32)20-8-9-22(33-2)21(16-20)25-24(30)19-6-3-5-18(15-19)17-27-10-4-7-23(27)29/h3,5-6,8-9,15-16H,4,7,10-14,17H2,1-2H3,(H,25,30). The Morgan fingerprint density at radius 1 is 1.06 bits per heavy atom. The third kappa shape index (κ3) is 5.24. The molecule has 34 heavy (non-hydrogen) atoms. The minimum Gasteiger partial charge on any atom is -0.495 e. The van der Waals surface area contributed by atoms with Gasteiger partial charge in [-0.05, 0) is 49.4 Å². The smallest absolute Gasteiger partial charge is 0.255 e. The van der Waals surface area contributed by atoms with Gasteiger partial charge in [-0.2, -0.15) is 4.31 Å². The molecule has 4 rings (SSSR count). The summed E-state index contributed by atoms with van der Waals surface area (Å²) in [6, 6.07) is 11.6. The molecule has 0 bridgehead atoms. The van der Waals surface area contributed by atoms with E-state index in [1.165, 1.54) is 23.5 Å². The number of piperazine rings is 1. The lowest BCUT2D eigenvalue weighted by atomic mass is 10.1. The number of sulfonamides is 1. The molecule has 2 saturated heterocycles. The highest BCUT2D eigenvalue weighted by Crippen LogP contribution is 2.30. The highest BCUT2D eigenvalue weighted by atomic mass is 32.2. The number of carbonyl (C=O) groups excluding carboxylic acids is 2. The molecule has 2 aliphatic heterocycles. The van der Waals surface area contributed by atoms with Gasteiger partial charge in [0.05, 0.1) is 17.7 Å². The van der Waals surface area contributed by atoms with Crippen LogP contribution in [0.3, 0.4) is 0 Å². The van der Waals surface area contributed by atoms with Gasteiger partial charge in [-0.1, -0.05) is 12.1 Å². The SMILES string of the molecule is COc1ccc(S(=O)(=O)N2CCN(C)CC2)cc1NC(=O)c1cccc(CN2CCCC2=O)c1. The molecule has 2 heterocycles. The molecule has 2 aliphatic rings. The molecular formula is C24H30N4O5S. The summed E-state index contributed by atoms with van der Waals surface area (Å²) in [4.78, 5) is 28.9. The zero-order valence-corrected chi connectivity index (χ0v) is 20.3. The summed E-state index contributed by atoms with van der Waals surface area (Å²) >= 11 is 0. The van der Waals surface area contributed by atoms with Gasteiger partial charge in [0, 0.05) is 51.3 Å². The van der Waals surface area contributed by atoms with Crippen LogP contribution in [0, 0.1) is 0 Å². The Hall–Kier alpha value is -2.95. The Morgan fingerprint density at radius 2 is 1.82 bits per heavy atom. The predicted molar refractivity (Wildman–Crippen MR) is 128 cm³/mol. The van der Waals surface area contributed by atoms with Crippen molar-refractivity contribution in [3.8, 4) is 5.75 Å². The molecule has 0 saturated carbocycles. The van der Waals surface area contributed by atoms with E-state index in [1.807, 2.05) is 13.1 Å². The summed E-state index contributed by atoms with van der Waals surface area (Å²) in [6.07, 6.45) is 1.42. The summed E-state index contributed by atoms with van der Waals surface area (Å²) < 4.78 is 33.1. The minimum atomic E-state index is -3.70. The number of methoxy groups -OCH3 is 1. The second-order valence-electron chi connectivity index (χ2n) is 8.64. The summed E-state index contributed by atoms with van der Waals surface area (Å²) in [5, 5.41) is 2.79. The second kappa shape index (κ2) is 10.1. The fraction of sp³-hybridized carbons (Fsp3) is 0.417. The maximum atomic E-state index is 13.2. The number of likely N-dealkylation sites (tertiary alicyclic amines) is 1. The van der Waals surface area contributed by atoms with Crippen molar-refractivity contribution >= 4 is 27.5 Å². The van der Waals surface area contributed by atoms with E-state index in [2.05, 4.69) is 10.2 Å². The summed E-state index contributed by atoms with van der Waals surface area (Å²) in [6.45, 7) is 3.34. The second-order valence-corrected chi connectivity index (χ2v) is 10.6. The average molecular weight is 487 g/mol. The monoisotopic (exact) mass is 486 g/mol. The fourth-order valence-electron chi connectivity index (χ4n) is 4.22. The lowest BCUT2D eigenvalue weighted by Crippen LogP contribution is -2.47. The number of nitrogens with one attached hydrogen (secondary N) is 1. The van der Waals surface area contributed by atoms with Crippen molar-refractivity contribution in [1.82, 2.24) is 14.1 Å². The molecular weight excluding hydrogens is 456 g/mol. The summed E-state index contributed by atoms with van der Waals surface area (Å²) in [7, 11) is -0.270. The van der Waals surface area contributed by atoms with Crippen LogP contribution >= 0.6 is 0 Å². The van der Waals surface area contributed by atoms with Crippen LogP contribution in [-0.4, -0.2) is 81.2 Å². The molecule has 0 aromatic heterocycles. The number of likely N-dealkylation sites (N-methyl/N-ethyl adjacent to an activating group) is 1. The van der Waals surface area contributed by atoms with Gasteiger partial charge in [0.15, 0.2) is 0 Å². The number of hydrogen-bond acceptors (Lipinski definition) is 6. The molecule has 2 amide bonds. The van der Waals surface area contributed by atoms with Gasteiger partial charge in [0.2, 0.25) is 15.9 Å². The lowest BCUT2D eigenvalue weighted by molar-refractivity contribution is -0.128. The van der Waals surface area contributed by atoms with Crippen LogP contribution in [0.25, 0.3) is 0 Å². The van der Waals surface area contributed by atoms with Gasteiger partial charge in [0.1, 0.15) is 5.75 Å². The van der Waals surface area contributed by atoms with Crippen LogP contribution in [0.1, 0.15) is 28.8 Å². The fourth-order valence-corrected chi connectivity index (χ4v) is 5.67. The van der Waals surface area contributed by atoms with Crippen LogP contribution in [0.2, 0.25) is 0 Å². The van der Waals surface area contributed by atoms with Gasteiger partial charge >= 0.3 is 0 Å². The van der Waals surface area contributed by atoms with Gasteiger partial charge in [-0.15, -0.1) is 0 Å². The van der Waals surface area contributed by atoms with E-state index in [4.69, 9.17) is 4.74 Å². The average Bonchev–Trinajstić information content (AvgIpc) is 3.23. The van der Waals surface area contributed by atoms with Crippen LogP contribution in [0.5, 0.6) is 5.75 Å². The first-order valence-corrected chi connectivity index (χ1v) is 12.8. The quantitative estimate of drug-likeness (QED) is 0.643. The van der Waals surface area contributed by atoms with Crippen LogP contribution in [-0.2, 0) is 21.4 Å². The summed E-state index contributed by atoms with van der Waals surface area (Å²) in [5.41, 5.74) is 1.56. The zero-order chi connectivity index (χ0) is 24.3. The number of ether oxygens (including phenoxy) is 1. The van der Waals surface area contributed by atoms with Gasteiger partial charge in [0.25, 0.3) is 5.91 Å². The molecule has 0 radical (unpaired) electrons. The van der Waals surface area contributed by atoms with Crippen molar-refractivity contribution in [2.24, 2.45) is 0 Å². The number of anilines is 1. The van der Waals surface area contributed by atoms with Crippen molar-refractivity contribution in [3.63, 3.8) is 0 Å². The van der Waals surface area contributed by atoms with E-state index < -0.39 is 10.0 Å². The van der Waals surface area contributed by atoms with Crippen LogP contribution in [0.15, 0.2) is 47.4 Å². The first-order chi connectivity index (χ1) is 16.3. The Morgan fingerprint density at radius 3 is 2.50 bits per heavy atom. The van der Waals surface area contributed by atoms with Crippen molar-refractivity contribution in [1.29, 1.82) is 0 Å². The Balaban J connectivity index is 1.53. The molecule has 0 aliphatic carbocycles. The third-order valence-electron chi connectivity index (χ3n) is 6.25. The maximum absolute atomic E-state index is 13.2. The molecule has 2 aromatic rings. The number of carbonyl (C=O) groups is 2. The lowest BCUT2D eigenvalue weighted by Gasteiger charge is -2.31. The van der Waals surface area contributed by atoms with Crippen LogP contribution < -0.4 is 10.1 Å². The molecule has 1 N–H and O–H groups in total. The normalized spacial score (nSPS) is 17.7. The van der Waals surface area contributed by atoms with Crippen LogP contribution in [0.4, 0.5) is 5.69 Å². The van der Waals surface area contributed by atoms with E-state index in [1.54, 1.807) is 29.2 Å². The maximum Gasteiger partial charge on any atom is 0.255 e. The Kier molecular flexibility index (Phi) is 7.20. The molecule has 9 nitrogen and oxygen atoms in total. The molecule has 0 atom stereocenters. The molecule has 182 valence electrons. The first kappa shape index (κ1) is 24.2. The van der Waals surface area contributed by atoms with E-state index in [9.17, 15) is 18.0 Å². The topological polar surface area (TPSA) is 99.3 Å². The molecule has 10 heteroatoms. The number of benzene rings is 2. The van der Waals surface area contributed by atoms with Gasteiger partial charge in [-0.25, -0.2) is 8.42 Å². The molecule has 0 unspecified atom stereocenters. The van der Waals surface area contributed by atoms with Crippen molar-refractivity contribution in [2.75, 3.05) is 52.2 Å². The molecule has 0 spiro atoms. The van der Waals surface area contributed by atoms with E-state index in [0.717, 1.165) is 18.5 Å². The van der Waals surface area contributed by atoms with E-state index in [0.29, 0.717) is 50.5 Å². The third-order valence-corrected chi connectivity index (χ3v) is 8.15. The first-order valence-electron chi connectivity index (χ1n) is 11.3. The number of rotatable bonds is 7. The summed E-state index contributed by atoms with van der Waals surface area (Å²) in [5.74, 6) is 0.101.